The normalized spacial score (nSPS) is 24.4. The molecule has 1 aliphatic rings. The molecule has 5 nitrogen and oxygen atoms in total. The van der Waals surface area contributed by atoms with Crippen LogP contribution in [0.25, 0.3) is 0 Å². The summed E-state index contributed by atoms with van der Waals surface area (Å²) in [6, 6.07) is 0.164. The Morgan fingerprint density at radius 2 is 2.11 bits per heavy atom. The Hall–Kier alpha value is -0.170. The van der Waals surface area contributed by atoms with Crippen LogP contribution < -0.4 is 5.73 Å². The summed E-state index contributed by atoms with van der Waals surface area (Å²) in [4.78, 5) is 2.25. The summed E-state index contributed by atoms with van der Waals surface area (Å²) in [5.74, 6) is 0.148. The molecule has 1 aliphatic heterocycles. The summed E-state index contributed by atoms with van der Waals surface area (Å²) in [7, 11) is -3.12. The van der Waals surface area contributed by atoms with Crippen LogP contribution in [0.3, 0.4) is 0 Å². The lowest BCUT2D eigenvalue weighted by molar-refractivity contribution is -0.0272. The van der Waals surface area contributed by atoms with E-state index in [1.54, 1.807) is 0 Å². The fourth-order valence-electron chi connectivity index (χ4n) is 2.11. The van der Waals surface area contributed by atoms with Crippen molar-refractivity contribution in [2.45, 2.75) is 45.4 Å². The smallest absolute Gasteiger partial charge is 0.154 e. The molecule has 0 aromatic carbocycles. The maximum atomic E-state index is 12.0. The molecule has 1 saturated heterocycles. The van der Waals surface area contributed by atoms with Crippen LogP contribution >= 0.6 is 0 Å². The number of rotatable bonds is 6. The van der Waals surface area contributed by atoms with Crippen LogP contribution in [-0.4, -0.2) is 62.7 Å². The summed E-state index contributed by atoms with van der Waals surface area (Å²) in [5, 5.41) is 0. The van der Waals surface area contributed by atoms with Gasteiger partial charge < -0.3 is 10.5 Å². The Labute approximate surface area is 111 Å². The van der Waals surface area contributed by atoms with Gasteiger partial charge in [0.05, 0.1) is 24.2 Å². The molecule has 0 aromatic heterocycles. The Balaban J connectivity index is 2.51. The molecule has 18 heavy (non-hydrogen) atoms. The monoisotopic (exact) mass is 278 g/mol. The largest absolute Gasteiger partial charge is 0.374 e. The van der Waals surface area contributed by atoms with E-state index in [9.17, 15) is 8.42 Å². The Morgan fingerprint density at radius 1 is 1.44 bits per heavy atom. The lowest BCUT2D eigenvalue weighted by Gasteiger charge is -2.35. The molecule has 2 N–H and O–H groups in total. The first-order valence-corrected chi connectivity index (χ1v) is 8.48. The number of hydrogen-bond acceptors (Lipinski definition) is 5. The molecule has 0 radical (unpaired) electrons. The highest BCUT2D eigenvalue weighted by Crippen LogP contribution is 2.11. The van der Waals surface area contributed by atoms with E-state index in [-0.39, 0.29) is 23.7 Å². The quantitative estimate of drug-likeness (QED) is 0.754. The number of nitrogens with zero attached hydrogens (tertiary/aromatic N) is 1. The fraction of sp³-hybridized carbons (Fsp3) is 1.00. The lowest BCUT2D eigenvalue weighted by Crippen LogP contribution is -2.48. The summed E-state index contributed by atoms with van der Waals surface area (Å²) in [6.45, 7) is 8.31. The minimum absolute atomic E-state index is 0.0606. The van der Waals surface area contributed by atoms with Gasteiger partial charge in [-0.25, -0.2) is 8.42 Å². The van der Waals surface area contributed by atoms with E-state index in [0.29, 0.717) is 25.6 Å². The predicted molar refractivity (Wildman–Crippen MR) is 73.4 cm³/mol. The van der Waals surface area contributed by atoms with E-state index < -0.39 is 9.84 Å². The van der Waals surface area contributed by atoms with Gasteiger partial charge in [-0.3, -0.25) is 4.90 Å². The first kappa shape index (κ1) is 15.9. The molecule has 0 spiro atoms. The van der Waals surface area contributed by atoms with Gasteiger partial charge in [0.2, 0.25) is 0 Å². The van der Waals surface area contributed by atoms with Crippen molar-refractivity contribution in [2.24, 2.45) is 5.73 Å². The van der Waals surface area contributed by atoms with Crippen LogP contribution in [0.2, 0.25) is 0 Å². The van der Waals surface area contributed by atoms with E-state index in [1.807, 2.05) is 6.92 Å². The average molecular weight is 278 g/mol. The lowest BCUT2D eigenvalue weighted by atomic mass is 10.2. The van der Waals surface area contributed by atoms with Gasteiger partial charge in [-0.2, -0.15) is 0 Å². The third kappa shape index (κ3) is 5.22. The van der Waals surface area contributed by atoms with E-state index in [2.05, 4.69) is 18.7 Å². The van der Waals surface area contributed by atoms with Gasteiger partial charge in [0.15, 0.2) is 9.84 Å². The van der Waals surface area contributed by atoms with E-state index in [1.165, 1.54) is 0 Å². The molecule has 2 unspecified atom stereocenters. The van der Waals surface area contributed by atoms with E-state index in [4.69, 9.17) is 10.5 Å². The highest BCUT2D eigenvalue weighted by atomic mass is 32.2. The van der Waals surface area contributed by atoms with E-state index in [0.717, 1.165) is 6.54 Å². The molecule has 1 heterocycles. The van der Waals surface area contributed by atoms with Gasteiger partial charge in [0, 0.05) is 25.2 Å². The second-order valence-electron chi connectivity index (χ2n) is 5.33. The highest BCUT2D eigenvalue weighted by Gasteiger charge is 2.27. The van der Waals surface area contributed by atoms with Crippen molar-refractivity contribution >= 4 is 9.84 Å². The van der Waals surface area contributed by atoms with Crippen LogP contribution in [0.15, 0.2) is 0 Å². The van der Waals surface area contributed by atoms with Gasteiger partial charge in [0.25, 0.3) is 0 Å². The number of hydrogen-bond donors (Lipinski definition) is 1. The number of sulfone groups is 1. The van der Waals surface area contributed by atoms with Gasteiger partial charge >= 0.3 is 0 Å². The molecular weight excluding hydrogens is 252 g/mol. The first-order valence-electron chi connectivity index (χ1n) is 6.65. The zero-order valence-corrected chi connectivity index (χ0v) is 12.4. The molecule has 108 valence electrons. The van der Waals surface area contributed by atoms with Crippen molar-refractivity contribution in [1.82, 2.24) is 4.90 Å². The highest BCUT2D eigenvalue weighted by molar-refractivity contribution is 7.91. The summed E-state index contributed by atoms with van der Waals surface area (Å²) in [5.41, 5.74) is 5.71. The molecular formula is C12H26N2O3S. The zero-order valence-electron chi connectivity index (χ0n) is 11.6. The Kier molecular flexibility index (Phi) is 6.04. The average Bonchev–Trinajstić information content (AvgIpc) is 2.27. The summed E-state index contributed by atoms with van der Waals surface area (Å²) in [6.07, 6.45) is 0.471. The van der Waals surface area contributed by atoms with E-state index >= 15 is 0 Å². The molecule has 1 fully saturated rings. The number of nitrogens with two attached hydrogens (primary N) is 1. The Bertz CT molecular complexity index is 343. The molecule has 0 bridgehead atoms. The van der Waals surface area contributed by atoms with Gasteiger partial charge in [-0.15, -0.1) is 0 Å². The maximum Gasteiger partial charge on any atom is 0.154 e. The van der Waals surface area contributed by atoms with Gasteiger partial charge in [0.1, 0.15) is 0 Å². The summed E-state index contributed by atoms with van der Waals surface area (Å²) < 4.78 is 29.5. The van der Waals surface area contributed by atoms with Crippen molar-refractivity contribution in [3.05, 3.63) is 0 Å². The minimum Gasteiger partial charge on any atom is -0.374 e. The van der Waals surface area contributed by atoms with Crippen LogP contribution in [0, 0.1) is 0 Å². The van der Waals surface area contributed by atoms with Crippen LogP contribution in [-0.2, 0) is 14.6 Å². The molecule has 2 atom stereocenters. The van der Waals surface area contributed by atoms with Crippen molar-refractivity contribution in [1.29, 1.82) is 0 Å². The van der Waals surface area contributed by atoms with Crippen molar-refractivity contribution in [2.75, 3.05) is 31.2 Å². The Morgan fingerprint density at radius 3 is 2.67 bits per heavy atom. The minimum atomic E-state index is -3.12. The van der Waals surface area contributed by atoms with Crippen LogP contribution in [0.4, 0.5) is 0 Å². The standard InChI is InChI=1S/C12H26N2O3S/c1-4-11(13)8-18(15,16)9-12-7-14(10(2)3)5-6-17-12/h10-12H,4-9,13H2,1-3H3. The first-order chi connectivity index (χ1) is 8.34. The van der Waals surface area contributed by atoms with Crippen molar-refractivity contribution in [3.63, 3.8) is 0 Å². The third-order valence-electron chi connectivity index (χ3n) is 3.33. The predicted octanol–water partition coefficient (Wildman–Crippen LogP) is 0.248. The van der Waals surface area contributed by atoms with Crippen molar-refractivity contribution < 1.29 is 13.2 Å². The second-order valence-corrected chi connectivity index (χ2v) is 7.48. The van der Waals surface area contributed by atoms with Gasteiger partial charge in [-0.05, 0) is 20.3 Å². The van der Waals surface area contributed by atoms with Crippen LogP contribution in [0.5, 0.6) is 0 Å². The SMILES string of the molecule is CCC(N)CS(=O)(=O)CC1CN(C(C)C)CCO1. The number of morpholine rings is 1. The zero-order chi connectivity index (χ0) is 13.8. The second kappa shape index (κ2) is 6.84. The maximum absolute atomic E-state index is 12.0. The molecule has 0 amide bonds. The third-order valence-corrected chi connectivity index (χ3v) is 5.15. The van der Waals surface area contributed by atoms with Crippen LogP contribution in [0.1, 0.15) is 27.2 Å². The molecule has 0 aromatic rings. The van der Waals surface area contributed by atoms with Gasteiger partial charge in [-0.1, -0.05) is 6.92 Å². The summed E-state index contributed by atoms with van der Waals surface area (Å²) >= 11 is 0. The molecule has 0 saturated carbocycles. The fourth-order valence-corrected chi connectivity index (χ4v) is 3.90. The molecule has 1 rings (SSSR count). The molecule has 6 heteroatoms. The number of ether oxygens (including phenoxy) is 1. The topological polar surface area (TPSA) is 72.6 Å². The van der Waals surface area contributed by atoms with Crippen molar-refractivity contribution in [3.8, 4) is 0 Å². The molecule has 0 aliphatic carbocycles.